The van der Waals surface area contributed by atoms with E-state index in [2.05, 4.69) is 0 Å². The van der Waals surface area contributed by atoms with Crippen LogP contribution in [-0.4, -0.2) is 14.2 Å². The largest absolute Gasteiger partial charge is 0.493 e. The van der Waals surface area contributed by atoms with Gasteiger partial charge in [0.25, 0.3) is 0 Å². The molecule has 0 aromatic heterocycles. The second-order valence-corrected chi connectivity index (χ2v) is 3.43. The van der Waals surface area contributed by atoms with Gasteiger partial charge in [-0.05, 0) is 24.6 Å². The van der Waals surface area contributed by atoms with E-state index in [0.717, 1.165) is 5.56 Å². The van der Waals surface area contributed by atoms with Gasteiger partial charge >= 0.3 is 0 Å². The van der Waals surface area contributed by atoms with Gasteiger partial charge in [0.05, 0.1) is 19.2 Å². The maximum absolute atomic E-state index is 6.00. The minimum absolute atomic E-state index is 0.0766. The maximum atomic E-state index is 6.00. The highest BCUT2D eigenvalue weighted by Gasteiger charge is 2.12. The van der Waals surface area contributed by atoms with Crippen molar-refractivity contribution in [1.29, 1.82) is 0 Å². The molecular formula is C10H14ClNO2. The Hall–Kier alpha value is -0.930. The molecule has 0 amide bonds. The first kappa shape index (κ1) is 11.1. The summed E-state index contributed by atoms with van der Waals surface area (Å²) in [6.45, 7) is 1.89. The van der Waals surface area contributed by atoms with E-state index in [0.29, 0.717) is 16.5 Å². The molecule has 78 valence electrons. The number of methoxy groups -OCH3 is 2. The number of ether oxygens (including phenoxy) is 2. The van der Waals surface area contributed by atoms with Crippen LogP contribution in [0.3, 0.4) is 0 Å². The summed E-state index contributed by atoms with van der Waals surface area (Å²) in [6.07, 6.45) is 0. The Morgan fingerprint density at radius 3 is 2.36 bits per heavy atom. The van der Waals surface area contributed by atoms with E-state index in [4.69, 9.17) is 26.8 Å². The van der Waals surface area contributed by atoms with Crippen molar-refractivity contribution in [2.45, 2.75) is 13.0 Å². The third-order valence-corrected chi connectivity index (χ3v) is 2.26. The first-order valence-electron chi connectivity index (χ1n) is 4.27. The van der Waals surface area contributed by atoms with Gasteiger partial charge in [-0.25, -0.2) is 0 Å². The molecule has 2 N–H and O–H groups in total. The second kappa shape index (κ2) is 4.53. The van der Waals surface area contributed by atoms with Crippen LogP contribution >= 0.6 is 11.6 Å². The summed E-state index contributed by atoms with van der Waals surface area (Å²) in [5.41, 5.74) is 6.67. The molecule has 0 saturated carbocycles. The quantitative estimate of drug-likeness (QED) is 0.842. The fourth-order valence-electron chi connectivity index (χ4n) is 1.20. The molecule has 1 rings (SSSR count). The molecule has 1 aromatic carbocycles. The Labute approximate surface area is 88.8 Å². The van der Waals surface area contributed by atoms with Crippen LogP contribution in [0.2, 0.25) is 5.02 Å². The van der Waals surface area contributed by atoms with E-state index < -0.39 is 0 Å². The minimum atomic E-state index is -0.0766. The van der Waals surface area contributed by atoms with Crippen molar-refractivity contribution >= 4 is 11.6 Å². The van der Waals surface area contributed by atoms with Gasteiger partial charge in [0.1, 0.15) is 0 Å². The van der Waals surface area contributed by atoms with E-state index in [-0.39, 0.29) is 6.04 Å². The average molecular weight is 216 g/mol. The fraction of sp³-hybridized carbons (Fsp3) is 0.400. The molecule has 1 aromatic rings. The van der Waals surface area contributed by atoms with Crippen molar-refractivity contribution in [3.63, 3.8) is 0 Å². The topological polar surface area (TPSA) is 44.5 Å². The first-order valence-corrected chi connectivity index (χ1v) is 4.65. The third-order valence-electron chi connectivity index (χ3n) is 1.98. The third kappa shape index (κ3) is 2.11. The molecule has 0 saturated heterocycles. The molecule has 0 aliphatic rings. The highest BCUT2D eigenvalue weighted by Crippen LogP contribution is 2.37. The molecule has 0 fully saturated rings. The predicted octanol–water partition coefficient (Wildman–Crippen LogP) is 2.38. The highest BCUT2D eigenvalue weighted by molar-refractivity contribution is 6.32. The molecular weight excluding hydrogens is 202 g/mol. The zero-order chi connectivity index (χ0) is 10.7. The van der Waals surface area contributed by atoms with Gasteiger partial charge in [0.2, 0.25) is 0 Å². The maximum Gasteiger partial charge on any atom is 0.179 e. The monoisotopic (exact) mass is 215 g/mol. The van der Waals surface area contributed by atoms with Crippen LogP contribution in [0.5, 0.6) is 11.5 Å². The highest BCUT2D eigenvalue weighted by atomic mass is 35.5. The number of nitrogens with two attached hydrogens (primary N) is 1. The molecule has 14 heavy (non-hydrogen) atoms. The van der Waals surface area contributed by atoms with Crippen LogP contribution in [-0.2, 0) is 0 Å². The molecule has 0 aliphatic heterocycles. The van der Waals surface area contributed by atoms with Crippen molar-refractivity contribution in [3.8, 4) is 11.5 Å². The van der Waals surface area contributed by atoms with Crippen LogP contribution in [0.4, 0.5) is 0 Å². The van der Waals surface area contributed by atoms with Crippen molar-refractivity contribution in [1.82, 2.24) is 0 Å². The molecule has 4 heteroatoms. The molecule has 3 nitrogen and oxygen atoms in total. The van der Waals surface area contributed by atoms with Gasteiger partial charge < -0.3 is 15.2 Å². The molecule has 0 radical (unpaired) electrons. The summed E-state index contributed by atoms with van der Waals surface area (Å²) in [7, 11) is 3.12. The number of rotatable bonds is 3. The SMILES string of the molecule is COc1cc([C@H](C)N)cc(Cl)c1OC. The number of halogens is 1. The Bertz CT molecular complexity index is 326. The number of hydrogen-bond acceptors (Lipinski definition) is 3. The van der Waals surface area contributed by atoms with Crippen LogP contribution in [0.15, 0.2) is 12.1 Å². The zero-order valence-corrected chi connectivity index (χ0v) is 9.26. The summed E-state index contributed by atoms with van der Waals surface area (Å²) in [4.78, 5) is 0. The Morgan fingerprint density at radius 1 is 1.29 bits per heavy atom. The molecule has 0 bridgehead atoms. The second-order valence-electron chi connectivity index (χ2n) is 3.03. The Kier molecular flexibility index (Phi) is 3.61. The molecule has 0 aliphatic carbocycles. The summed E-state index contributed by atoms with van der Waals surface area (Å²) in [5, 5.41) is 0.513. The molecule has 0 spiro atoms. The minimum Gasteiger partial charge on any atom is -0.493 e. The Morgan fingerprint density at radius 2 is 1.93 bits per heavy atom. The van der Waals surface area contributed by atoms with E-state index in [1.54, 1.807) is 20.3 Å². The van der Waals surface area contributed by atoms with Crippen molar-refractivity contribution in [2.75, 3.05) is 14.2 Å². The van der Waals surface area contributed by atoms with E-state index in [1.165, 1.54) is 0 Å². The summed E-state index contributed by atoms with van der Waals surface area (Å²) < 4.78 is 10.2. The lowest BCUT2D eigenvalue weighted by Gasteiger charge is -2.13. The fourth-order valence-corrected chi connectivity index (χ4v) is 1.50. The average Bonchev–Trinajstić information content (AvgIpc) is 2.16. The van der Waals surface area contributed by atoms with Gasteiger partial charge in [-0.15, -0.1) is 0 Å². The van der Waals surface area contributed by atoms with Gasteiger partial charge in [0, 0.05) is 6.04 Å². The smallest absolute Gasteiger partial charge is 0.179 e. The summed E-state index contributed by atoms with van der Waals surface area (Å²) >= 11 is 6.00. The molecule has 0 unspecified atom stereocenters. The van der Waals surface area contributed by atoms with Crippen molar-refractivity contribution in [3.05, 3.63) is 22.7 Å². The molecule has 0 heterocycles. The first-order chi connectivity index (χ1) is 6.60. The van der Waals surface area contributed by atoms with Gasteiger partial charge in [-0.2, -0.15) is 0 Å². The molecule has 1 atom stereocenters. The normalized spacial score (nSPS) is 12.4. The lowest BCUT2D eigenvalue weighted by atomic mass is 10.1. The van der Waals surface area contributed by atoms with Crippen LogP contribution in [0, 0.1) is 0 Å². The van der Waals surface area contributed by atoms with E-state index in [9.17, 15) is 0 Å². The van der Waals surface area contributed by atoms with E-state index >= 15 is 0 Å². The van der Waals surface area contributed by atoms with Gasteiger partial charge in [-0.3, -0.25) is 0 Å². The number of hydrogen-bond donors (Lipinski definition) is 1. The van der Waals surface area contributed by atoms with Crippen molar-refractivity contribution in [2.24, 2.45) is 5.73 Å². The summed E-state index contributed by atoms with van der Waals surface area (Å²) in [6, 6.07) is 3.54. The lowest BCUT2D eigenvalue weighted by molar-refractivity contribution is 0.354. The van der Waals surface area contributed by atoms with Gasteiger partial charge in [0.15, 0.2) is 11.5 Å². The van der Waals surface area contributed by atoms with Crippen LogP contribution in [0.25, 0.3) is 0 Å². The van der Waals surface area contributed by atoms with Gasteiger partial charge in [-0.1, -0.05) is 11.6 Å². The lowest BCUT2D eigenvalue weighted by Crippen LogP contribution is -2.05. The zero-order valence-electron chi connectivity index (χ0n) is 8.50. The predicted molar refractivity (Wildman–Crippen MR) is 57.2 cm³/mol. The van der Waals surface area contributed by atoms with E-state index in [1.807, 2.05) is 13.0 Å². The summed E-state index contributed by atoms with van der Waals surface area (Å²) in [5.74, 6) is 1.14. The Balaban J connectivity index is 3.24. The standard InChI is InChI=1S/C10H14ClNO2/c1-6(12)7-4-8(11)10(14-3)9(5-7)13-2/h4-6H,12H2,1-3H3/t6-/m0/s1. The van der Waals surface area contributed by atoms with Crippen LogP contribution in [0.1, 0.15) is 18.5 Å². The number of benzene rings is 1. The van der Waals surface area contributed by atoms with Crippen LogP contribution < -0.4 is 15.2 Å². The van der Waals surface area contributed by atoms with Crippen molar-refractivity contribution < 1.29 is 9.47 Å².